The molecule has 3 aromatic rings. The maximum atomic E-state index is 12.7. The zero-order valence-corrected chi connectivity index (χ0v) is 18.6. The highest BCUT2D eigenvalue weighted by Gasteiger charge is 2.22. The minimum absolute atomic E-state index is 0.0944. The van der Waals surface area contributed by atoms with Crippen LogP contribution in [0.15, 0.2) is 58.8 Å². The van der Waals surface area contributed by atoms with Gasteiger partial charge in [-0.3, -0.25) is 10.1 Å². The molecule has 0 aliphatic carbocycles. The van der Waals surface area contributed by atoms with Gasteiger partial charge in [-0.2, -0.15) is 4.31 Å². The highest BCUT2D eigenvalue weighted by molar-refractivity contribution is 7.89. The number of methoxy groups -OCH3 is 1. The Kier molecular flexibility index (Phi) is 6.86. The number of hydrogen-bond acceptors (Lipinski definition) is 6. The van der Waals surface area contributed by atoms with Crippen LogP contribution in [0.2, 0.25) is 0 Å². The second kappa shape index (κ2) is 9.38. The normalized spacial score (nSPS) is 11.5. The molecule has 0 radical (unpaired) electrons. The van der Waals surface area contributed by atoms with Crippen molar-refractivity contribution in [1.82, 2.24) is 9.29 Å². The summed E-state index contributed by atoms with van der Waals surface area (Å²) in [5.41, 5.74) is 1.89. The predicted octanol–water partition coefficient (Wildman–Crippen LogP) is 4.10. The third kappa shape index (κ3) is 4.69. The summed E-state index contributed by atoms with van der Waals surface area (Å²) >= 11 is 1.30. The third-order valence-corrected chi connectivity index (χ3v) is 7.35. The van der Waals surface area contributed by atoms with Crippen LogP contribution in [0.4, 0.5) is 5.13 Å². The number of aromatic nitrogens is 1. The molecule has 0 saturated carbocycles. The van der Waals surface area contributed by atoms with Crippen molar-refractivity contribution in [3.05, 3.63) is 59.5 Å². The van der Waals surface area contributed by atoms with E-state index < -0.39 is 15.9 Å². The van der Waals surface area contributed by atoms with Gasteiger partial charge in [0, 0.05) is 29.6 Å². The number of carbonyl (C=O) groups is 1. The maximum Gasteiger partial charge on any atom is 0.257 e. The first-order valence-electron chi connectivity index (χ1n) is 9.40. The number of amides is 1. The summed E-state index contributed by atoms with van der Waals surface area (Å²) in [6.45, 7) is 4.28. The van der Waals surface area contributed by atoms with Crippen LogP contribution >= 0.6 is 11.3 Å². The van der Waals surface area contributed by atoms with Crippen molar-refractivity contribution in [2.75, 3.05) is 25.5 Å². The van der Waals surface area contributed by atoms with Crippen molar-refractivity contribution < 1.29 is 17.9 Å². The largest absolute Gasteiger partial charge is 0.497 e. The highest BCUT2D eigenvalue weighted by Crippen LogP contribution is 2.27. The van der Waals surface area contributed by atoms with Gasteiger partial charge in [0.15, 0.2) is 5.13 Å². The molecule has 158 valence electrons. The summed E-state index contributed by atoms with van der Waals surface area (Å²) in [4.78, 5) is 17.2. The van der Waals surface area contributed by atoms with Gasteiger partial charge < -0.3 is 4.74 Å². The number of rotatable bonds is 8. The average Bonchev–Trinajstić information content (AvgIpc) is 3.23. The fraction of sp³-hybridized carbons (Fsp3) is 0.238. The predicted molar refractivity (Wildman–Crippen MR) is 119 cm³/mol. The van der Waals surface area contributed by atoms with Crippen molar-refractivity contribution in [2.45, 2.75) is 18.7 Å². The van der Waals surface area contributed by atoms with Crippen LogP contribution < -0.4 is 10.1 Å². The van der Waals surface area contributed by atoms with Gasteiger partial charge >= 0.3 is 0 Å². The van der Waals surface area contributed by atoms with Crippen molar-refractivity contribution in [3.8, 4) is 17.0 Å². The highest BCUT2D eigenvalue weighted by atomic mass is 32.2. The van der Waals surface area contributed by atoms with E-state index in [2.05, 4.69) is 10.3 Å². The summed E-state index contributed by atoms with van der Waals surface area (Å²) in [7, 11) is -2.03. The van der Waals surface area contributed by atoms with E-state index in [1.54, 1.807) is 33.1 Å². The minimum atomic E-state index is -3.64. The van der Waals surface area contributed by atoms with Crippen LogP contribution in [-0.4, -0.2) is 43.8 Å². The Balaban J connectivity index is 1.78. The Labute approximate surface area is 180 Å². The first kappa shape index (κ1) is 21.9. The summed E-state index contributed by atoms with van der Waals surface area (Å²) < 4.78 is 31.9. The molecule has 0 aliphatic heterocycles. The molecule has 1 amide bonds. The van der Waals surface area contributed by atoms with Gasteiger partial charge in [-0.1, -0.05) is 19.9 Å². The number of nitrogens with zero attached hydrogens (tertiary/aromatic N) is 2. The molecular formula is C21H23N3O4S2. The first-order chi connectivity index (χ1) is 14.4. The van der Waals surface area contributed by atoms with Crippen LogP contribution in [0.3, 0.4) is 0 Å². The van der Waals surface area contributed by atoms with E-state index in [0.717, 1.165) is 17.0 Å². The van der Waals surface area contributed by atoms with Crippen LogP contribution in [-0.2, 0) is 10.0 Å². The van der Waals surface area contributed by atoms with Gasteiger partial charge in [0.1, 0.15) is 5.75 Å². The number of anilines is 1. The number of hydrogen-bond donors (Lipinski definition) is 1. The molecule has 0 atom stereocenters. The van der Waals surface area contributed by atoms with E-state index in [4.69, 9.17) is 4.74 Å². The van der Waals surface area contributed by atoms with Crippen molar-refractivity contribution in [3.63, 3.8) is 0 Å². The number of carbonyl (C=O) groups excluding carboxylic acids is 1. The molecule has 0 aliphatic rings. The Morgan fingerprint density at radius 1 is 1.13 bits per heavy atom. The Morgan fingerprint density at radius 3 is 2.47 bits per heavy atom. The molecule has 9 heteroatoms. The molecule has 7 nitrogen and oxygen atoms in total. The summed E-state index contributed by atoms with van der Waals surface area (Å²) in [5.74, 6) is 0.337. The molecule has 0 unspecified atom stereocenters. The smallest absolute Gasteiger partial charge is 0.257 e. The number of nitrogens with one attached hydrogen (secondary N) is 1. The molecule has 0 bridgehead atoms. The monoisotopic (exact) mass is 445 g/mol. The van der Waals surface area contributed by atoms with E-state index in [0.29, 0.717) is 18.2 Å². The lowest BCUT2D eigenvalue weighted by molar-refractivity contribution is 0.102. The number of benzene rings is 2. The Hall–Kier alpha value is -2.75. The lowest BCUT2D eigenvalue weighted by Gasteiger charge is -2.18. The zero-order valence-electron chi connectivity index (χ0n) is 17.0. The Morgan fingerprint density at radius 2 is 1.83 bits per heavy atom. The van der Waals surface area contributed by atoms with Gasteiger partial charge in [0.2, 0.25) is 10.0 Å². The van der Waals surface area contributed by atoms with Gasteiger partial charge in [-0.25, -0.2) is 13.4 Å². The first-order valence-corrected chi connectivity index (χ1v) is 11.7. The fourth-order valence-electron chi connectivity index (χ4n) is 2.91. The Bertz CT molecular complexity index is 1120. The average molecular weight is 446 g/mol. The lowest BCUT2D eigenvalue weighted by Crippen LogP contribution is -2.30. The van der Waals surface area contributed by atoms with Gasteiger partial charge in [-0.05, 0) is 42.5 Å². The molecule has 1 aromatic heterocycles. The molecular weight excluding hydrogens is 422 g/mol. The summed E-state index contributed by atoms with van der Waals surface area (Å²) in [6, 6.07) is 13.5. The molecule has 0 fully saturated rings. The second-order valence-corrected chi connectivity index (χ2v) is 9.13. The number of thiazole rings is 1. The van der Waals surface area contributed by atoms with E-state index in [1.165, 1.54) is 27.8 Å². The lowest BCUT2D eigenvalue weighted by atomic mass is 10.2. The van der Waals surface area contributed by atoms with Crippen LogP contribution in [0.1, 0.15) is 24.2 Å². The van der Waals surface area contributed by atoms with Crippen LogP contribution in [0, 0.1) is 0 Å². The van der Waals surface area contributed by atoms with Gasteiger partial charge in [-0.15, -0.1) is 11.3 Å². The van der Waals surface area contributed by atoms with Gasteiger partial charge in [0.05, 0.1) is 17.7 Å². The molecule has 0 spiro atoms. The molecule has 30 heavy (non-hydrogen) atoms. The minimum Gasteiger partial charge on any atom is -0.497 e. The maximum absolute atomic E-state index is 12.7. The topological polar surface area (TPSA) is 88.6 Å². The summed E-state index contributed by atoms with van der Waals surface area (Å²) in [5, 5.41) is 5.02. The molecule has 3 rings (SSSR count). The van der Waals surface area contributed by atoms with Crippen LogP contribution in [0.25, 0.3) is 11.3 Å². The quantitative estimate of drug-likeness (QED) is 0.564. The summed E-state index contributed by atoms with van der Waals surface area (Å²) in [6.07, 6.45) is 0. The third-order valence-electron chi connectivity index (χ3n) is 4.55. The zero-order chi connectivity index (χ0) is 21.7. The fourth-order valence-corrected chi connectivity index (χ4v) is 5.12. The van der Waals surface area contributed by atoms with E-state index in [-0.39, 0.29) is 10.5 Å². The second-order valence-electron chi connectivity index (χ2n) is 6.34. The SMILES string of the molecule is CCN(CC)S(=O)(=O)c1cccc(C(=O)Nc2nc(-c3ccc(OC)cc3)cs2)c1. The van der Waals surface area contributed by atoms with E-state index in [9.17, 15) is 13.2 Å². The molecule has 2 aromatic carbocycles. The van der Waals surface area contributed by atoms with E-state index in [1.807, 2.05) is 29.6 Å². The molecule has 1 heterocycles. The van der Waals surface area contributed by atoms with Crippen molar-refractivity contribution in [1.29, 1.82) is 0 Å². The van der Waals surface area contributed by atoms with Crippen molar-refractivity contribution in [2.24, 2.45) is 0 Å². The van der Waals surface area contributed by atoms with Gasteiger partial charge in [0.25, 0.3) is 5.91 Å². The van der Waals surface area contributed by atoms with Crippen LogP contribution in [0.5, 0.6) is 5.75 Å². The number of ether oxygens (including phenoxy) is 1. The van der Waals surface area contributed by atoms with Crippen molar-refractivity contribution >= 4 is 32.4 Å². The molecule has 0 saturated heterocycles. The standard InChI is InChI=1S/C21H23N3O4S2/c1-4-24(5-2)30(26,27)18-8-6-7-16(13-18)20(25)23-21-22-19(14-29-21)15-9-11-17(28-3)12-10-15/h6-14H,4-5H2,1-3H3,(H,22,23,25). The number of sulfonamides is 1. The molecule has 1 N–H and O–H groups in total. The van der Waals surface area contributed by atoms with E-state index >= 15 is 0 Å².